The first-order chi connectivity index (χ1) is 14.5. The van der Waals surface area contributed by atoms with Crippen molar-refractivity contribution in [2.24, 2.45) is 0 Å². The highest BCUT2D eigenvalue weighted by atomic mass is 35.5. The molecule has 7 nitrogen and oxygen atoms in total. The van der Waals surface area contributed by atoms with Gasteiger partial charge < -0.3 is 10.6 Å². The van der Waals surface area contributed by atoms with E-state index in [-0.39, 0.29) is 12.2 Å². The molecule has 4 rings (SSSR count). The van der Waals surface area contributed by atoms with Crippen molar-refractivity contribution in [2.45, 2.75) is 6.42 Å². The normalized spacial score (nSPS) is 10.9. The molecule has 152 valence electrons. The van der Waals surface area contributed by atoms with E-state index in [1.54, 1.807) is 22.7 Å². The highest BCUT2D eigenvalue weighted by Gasteiger charge is 2.16. The van der Waals surface area contributed by atoms with Gasteiger partial charge in [-0.3, -0.25) is 9.59 Å². The molecule has 2 N–H and O–H groups in total. The molecule has 0 unspecified atom stereocenters. The smallest absolute Gasteiger partial charge is 0.313 e. The molecule has 10 heteroatoms. The number of hydrogen-bond acceptors (Lipinski definition) is 5. The third kappa shape index (κ3) is 4.32. The Morgan fingerprint density at radius 1 is 1.10 bits per heavy atom. The molecular formula is C20H15ClFN5O2S. The summed E-state index contributed by atoms with van der Waals surface area (Å²) in [5.41, 5.74) is 1.64. The van der Waals surface area contributed by atoms with Gasteiger partial charge in [-0.05, 0) is 36.4 Å². The zero-order valence-corrected chi connectivity index (χ0v) is 17.0. The van der Waals surface area contributed by atoms with E-state index in [9.17, 15) is 14.0 Å². The van der Waals surface area contributed by atoms with Gasteiger partial charge in [0, 0.05) is 28.9 Å². The van der Waals surface area contributed by atoms with Gasteiger partial charge in [0.25, 0.3) is 0 Å². The standard InChI is InChI=1S/C20H15ClFN5O2S/c21-13-7-5-12(6-8-13)17-25-20-27(26-17)14(11-30-20)9-10-23-18(28)19(29)24-16-4-2-1-3-15(16)22/h1-8,11H,9-10H2,(H,23,28)(H,24,29). The number of nitrogens with zero attached hydrogens (tertiary/aromatic N) is 3. The summed E-state index contributed by atoms with van der Waals surface area (Å²) in [6.45, 7) is 0.214. The van der Waals surface area contributed by atoms with Crippen molar-refractivity contribution in [3.05, 3.63) is 70.4 Å². The number of aromatic nitrogens is 3. The molecule has 2 aromatic heterocycles. The second-order valence-electron chi connectivity index (χ2n) is 6.30. The zero-order valence-electron chi connectivity index (χ0n) is 15.4. The molecule has 0 fully saturated rings. The average Bonchev–Trinajstić information content (AvgIpc) is 3.32. The number of rotatable bonds is 5. The zero-order chi connectivity index (χ0) is 21.1. The lowest BCUT2D eigenvalue weighted by Crippen LogP contribution is -2.36. The molecule has 0 aliphatic rings. The number of halogens is 2. The van der Waals surface area contributed by atoms with Crippen LogP contribution in [0.3, 0.4) is 0 Å². The van der Waals surface area contributed by atoms with Crippen LogP contribution in [-0.4, -0.2) is 33.0 Å². The van der Waals surface area contributed by atoms with Crippen molar-refractivity contribution in [2.75, 3.05) is 11.9 Å². The fourth-order valence-corrected chi connectivity index (χ4v) is 3.73. The second kappa shape index (κ2) is 8.60. The number of amides is 2. The van der Waals surface area contributed by atoms with Crippen molar-refractivity contribution >= 4 is 45.4 Å². The van der Waals surface area contributed by atoms with Gasteiger partial charge in [0.15, 0.2) is 5.82 Å². The fraction of sp³-hybridized carbons (Fsp3) is 0.100. The van der Waals surface area contributed by atoms with Crippen molar-refractivity contribution < 1.29 is 14.0 Å². The molecule has 0 saturated carbocycles. The molecule has 2 heterocycles. The van der Waals surface area contributed by atoms with Gasteiger partial charge in [-0.2, -0.15) is 4.98 Å². The van der Waals surface area contributed by atoms with Crippen molar-refractivity contribution in [1.82, 2.24) is 19.9 Å². The van der Waals surface area contributed by atoms with Gasteiger partial charge in [-0.25, -0.2) is 8.91 Å². The highest BCUT2D eigenvalue weighted by Crippen LogP contribution is 2.22. The summed E-state index contributed by atoms with van der Waals surface area (Å²) < 4.78 is 15.3. The second-order valence-corrected chi connectivity index (χ2v) is 7.58. The van der Waals surface area contributed by atoms with E-state index in [1.165, 1.54) is 29.5 Å². The maximum absolute atomic E-state index is 13.6. The molecule has 0 saturated heterocycles. The topological polar surface area (TPSA) is 88.4 Å². The third-order valence-electron chi connectivity index (χ3n) is 4.25. The van der Waals surface area contributed by atoms with Gasteiger partial charge in [-0.1, -0.05) is 23.7 Å². The Hall–Kier alpha value is -3.30. The van der Waals surface area contributed by atoms with E-state index >= 15 is 0 Å². The predicted octanol–water partition coefficient (Wildman–Crippen LogP) is 3.55. The average molecular weight is 444 g/mol. The van der Waals surface area contributed by atoms with E-state index in [1.807, 2.05) is 17.5 Å². The number of carbonyl (C=O) groups is 2. The van der Waals surface area contributed by atoms with E-state index in [0.29, 0.717) is 17.3 Å². The quantitative estimate of drug-likeness (QED) is 0.462. The number of fused-ring (bicyclic) bond motifs is 1. The van der Waals surface area contributed by atoms with Crippen LogP contribution in [0.2, 0.25) is 5.02 Å². The predicted molar refractivity (Wildman–Crippen MR) is 113 cm³/mol. The van der Waals surface area contributed by atoms with Crippen LogP contribution in [0.5, 0.6) is 0 Å². The van der Waals surface area contributed by atoms with Crippen LogP contribution in [0.1, 0.15) is 5.69 Å². The van der Waals surface area contributed by atoms with E-state index in [0.717, 1.165) is 16.2 Å². The molecule has 30 heavy (non-hydrogen) atoms. The number of benzene rings is 2. The fourth-order valence-electron chi connectivity index (χ4n) is 2.74. The lowest BCUT2D eigenvalue weighted by atomic mass is 10.2. The van der Waals surface area contributed by atoms with Gasteiger partial charge in [0.1, 0.15) is 5.82 Å². The van der Waals surface area contributed by atoms with Crippen LogP contribution in [0.4, 0.5) is 10.1 Å². The molecular weight excluding hydrogens is 429 g/mol. The lowest BCUT2D eigenvalue weighted by molar-refractivity contribution is -0.136. The van der Waals surface area contributed by atoms with E-state index < -0.39 is 17.6 Å². The van der Waals surface area contributed by atoms with Crippen molar-refractivity contribution in [3.63, 3.8) is 0 Å². The van der Waals surface area contributed by atoms with Crippen LogP contribution in [0.15, 0.2) is 53.9 Å². The molecule has 2 amide bonds. The number of thiazole rings is 1. The first-order valence-electron chi connectivity index (χ1n) is 8.94. The van der Waals surface area contributed by atoms with Crippen LogP contribution >= 0.6 is 22.9 Å². The van der Waals surface area contributed by atoms with Gasteiger partial charge in [-0.15, -0.1) is 16.4 Å². The van der Waals surface area contributed by atoms with Gasteiger partial charge in [0.05, 0.1) is 11.4 Å². The van der Waals surface area contributed by atoms with Crippen molar-refractivity contribution in [3.8, 4) is 11.4 Å². The minimum absolute atomic E-state index is 0.0467. The molecule has 0 atom stereocenters. The number of hydrogen-bond donors (Lipinski definition) is 2. The first-order valence-corrected chi connectivity index (χ1v) is 10.2. The summed E-state index contributed by atoms with van der Waals surface area (Å²) in [5.74, 6) is -1.80. The Morgan fingerprint density at radius 3 is 2.63 bits per heavy atom. The maximum Gasteiger partial charge on any atom is 0.313 e. The summed E-state index contributed by atoms with van der Waals surface area (Å²) in [5, 5.41) is 11.8. The Bertz CT molecular complexity index is 1220. The number of anilines is 1. The maximum atomic E-state index is 13.6. The SMILES string of the molecule is O=C(NCCc1csc2nc(-c3ccc(Cl)cc3)nn12)C(=O)Nc1ccccc1F. The number of carbonyl (C=O) groups excluding carboxylic acids is 2. The largest absolute Gasteiger partial charge is 0.347 e. The van der Waals surface area contributed by atoms with Crippen LogP contribution in [0, 0.1) is 5.82 Å². The summed E-state index contributed by atoms with van der Waals surface area (Å²) in [6.07, 6.45) is 0.447. The molecule has 0 aliphatic carbocycles. The third-order valence-corrected chi connectivity index (χ3v) is 5.36. The van der Waals surface area contributed by atoms with Crippen LogP contribution in [0.25, 0.3) is 16.3 Å². The Kier molecular flexibility index (Phi) is 5.73. The summed E-state index contributed by atoms with van der Waals surface area (Å²) >= 11 is 7.35. The molecule has 0 radical (unpaired) electrons. The van der Waals surface area contributed by atoms with E-state index in [2.05, 4.69) is 20.7 Å². The van der Waals surface area contributed by atoms with Crippen LogP contribution in [-0.2, 0) is 16.0 Å². The minimum atomic E-state index is -0.929. The Morgan fingerprint density at radius 2 is 1.87 bits per heavy atom. The molecule has 4 aromatic rings. The number of nitrogens with one attached hydrogen (secondary N) is 2. The molecule has 0 bridgehead atoms. The molecule has 0 aliphatic heterocycles. The highest BCUT2D eigenvalue weighted by molar-refractivity contribution is 7.15. The van der Waals surface area contributed by atoms with Crippen LogP contribution < -0.4 is 10.6 Å². The molecule has 0 spiro atoms. The van der Waals surface area contributed by atoms with Gasteiger partial charge >= 0.3 is 11.8 Å². The monoisotopic (exact) mass is 443 g/mol. The van der Waals surface area contributed by atoms with Gasteiger partial charge in [0.2, 0.25) is 4.96 Å². The summed E-state index contributed by atoms with van der Waals surface area (Å²) in [6, 6.07) is 12.9. The number of para-hydroxylation sites is 1. The summed E-state index contributed by atoms with van der Waals surface area (Å²) in [4.78, 5) is 29.1. The Balaban J connectivity index is 1.37. The lowest BCUT2D eigenvalue weighted by Gasteiger charge is -2.07. The Labute approximate surface area is 179 Å². The summed E-state index contributed by atoms with van der Waals surface area (Å²) in [7, 11) is 0. The minimum Gasteiger partial charge on any atom is -0.347 e. The van der Waals surface area contributed by atoms with E-state index in [4.69, 9.17) is 11.6 Å². The molecule has 2 aromatic carbocycles. The first kappa shape index (κ1) is 20.0. The van der Waals surface area contributed by atoms with Crippen molar-refractivity contribution in [1.29, 1.82) is 0 Å².